The first-order valence-corrected chi connectivity index (χ1v) is 19.0. The van der Waals surface area contributed by atoms with Gasteiger partial charge < -0.3 is 29.1 Å². The van der Waals surface area contributed by atoms with E-state index in [4.69, 9.17) is 37.2 Å². The van der Waals surface area contributed by atoms with Gasteiger partial charge in [-0.3, -0.25) is 9.59 Å². The van der Waals surface area contributed by atoms with Crippen LogP contribution in [0.15, 0.2) is 65.2 Å². The van der Waals surface area contributed by atoms with Crippen molar-refractivity contribution in [3.05, 3.63) is 105 Å². The standard InChI is InChI=1S/C41H44Cl2F2N4O6/c1-41(2,3)54-40(52)48-18-17-30(25-7-11-28(12-8-25)53-23-29-20-35(47-55-29)37-33(44)14-15-34(45)38(37)43)31(22-48)39(51)49(27-9-10-27)21-26-19-24(5-13-32(26)42)6-16-36(50)46-4/h5,7-8,11-15,19-20,27,30-31H,6,9-10,16-18,21-23H2,1-4H3,(H,46,50)/t30-,31+/m1/s1. The SMILES string of the molecule is CNC(=O)CCc1ccc(Cl)c(CN(C(=O)[C@H]2CN(C(=O)OC(C)(C)C)CC[C@@H]2c2ccc(OCc3cc(-c4c(F)ccc(F)c4Cl)no3)cc2)C2CC2)c1. The summed E-state index contributed by atoms with van der Waals surface area (Å²) >= 11 is 12.7. The van der Waals surface area contributed by atoms with Gasteiger partial charge in [0.25, 0.3) is 0 Å². The van der Waals surface area contributed by atoms with Crippen LogP contribution in [0.3, 0.4) is 0 Å². The Morgan fingerprint density at radius 2 is 1.73 bits per heavy atom. The van der Waals surface area contributed by atoms with Gasteiger partial charge in [-0.15, -0.1) is 0 Å². The summed E-state index contributed by atoms with van der Waals surface area (Å²) in [6.07, 6.45) is 2.69. The Hall–Kier alpha value is -4.68. The van der Waals surface area contributed by atoms with Gasteiger partial charge in [-0.25, -0.2) is 13.6 Å². The van der Waals surface area contributed by atoms with Crippen molar-refractivity contribution in [1.29, 1.82) is 0 Å². The van der Waals surface area contributed by atoms with E-state index >= 15 is 0 Å². The van der Waals surface area contributed by atoms with E-state index in [1.165, 1.54) is 6.07 Å². The summed E-state index contributed by atoms with van der Waals surface area (Å²) in [6.45, 7) is 6.30. The van der Waals surface area contributed by atoms with Crippen molar-refractivity contribution >= 4 is 41.1 Å². The highest BCUT2D eigenvalue weighted by Gasteiger charge is 2.43. The summed E-state index contributed by atoms with van der Waals surface area (Å²) in [6, 6.07) is 16.5. The van der Waals surface area contributed by atoms with Crippen LogP contribution in [0.5, 0.6) is 5.75 Å². The first kappa shape index (κ1) is 40.0. The average molecular weight is 798 g/mol. The smallest absolute Gasteiger partial charge is 0.410 e. The highest BCUT2D eigenvalue weighted by atomic mass is 35.5. The third-order valence-electron chi connectivity index (χ3n) is 9.77. The Morgan fingerprint density at radius 1 is 1.00 bits per heavy atom. The molecule has 3 amide bonds. The molecule has 2 fully saturated rings. The Kier molecular flexibility index (Phi) is 12.4. The molecule has 2 aliphatic rings. The molecule has 1 aliphatic heterocycles. The van der Waals surface area contributed by atoms with E-state index in [2.05, 4.69) is 10.5 Å². The molecule has 1 aliphatic carbocycles. The van der Waals surface area contributed by atoms with Gasteiger partial charge in [0.15, 0.2) is 5.76 Å². The molecule has 1 saturated heterocycles. The van der Waals surface area contributed by atoms with Gasteiger partial charge >= 0.3 is 6.09 Å². The number of hydrogen-bond acceptors (Lipinski definition) is 7. The van der Waals surface area contributed by atoms with Crippen molar-refractivity contribution in [3.63, 3.8) is 0 Å². The maximum Gasteiger partial charge on any atom is 0.410 e. The fourth-order valence-electron chi connectivity index (χ4n) is 6.78. The number of carbonyl (C=O) groups is 3. The highest BCUT2D eigenvalue weighted by molar-refractivity contribution is 6.33. The van der Waals surface area contributed by atoms with Gasteiger partial charge in [-0.2, -0.15) is 0 Å². The van der Waals surface area contributed by atoms with Crippen molar-refractivity contribution in [2.75, 3.05) is 20.1 Å². The molecule has 2 heterocycles. The number of nitrogens with zero attached hydrogens (tertiary/aromatic N) is 3. The quantitative estimate of drug-likeness (QED) is 0.143. The highest BCUT2D eigenvalue weighted by Crippen LogP contribution is 2.39. The number of rotatable bonds is 12. The molecule has 0 bridgehead atoms. The minimum Gasteiger partial charge on any atom is -0.486 e. The van der Waals surface area contributed by atoms with Crippen molar-refractivity contribution in [2.45, 2.75) is 83.6 Å². The van der Waals surface area contributed by atoms with Crippen LogP contribution < -0.4 is 10.1 Å². The predicted molar refractivity (Wildman–Crippen MR) is 204 cm³/mol. The number of ether oxygens (including phenoxy) is 2. The predicted octanol–water partition coefficient (Wildman–Crippen LogP) is 8.72. The second-order valence-electron chi connectivity index (χ2n) is 15.0. The second-order valence-corrected chi connectivity index (χ2v) is 15.8. The molecule has 1 aromatic heterocycles. The Labute approximate surface area is 329 Å². The van der Waals surface area contributed by atoms with Gasteiger partial charge in [0.05, 0.1) is 16.5 Å². The van der Waals surface area contributed by atoms with Gasteiger partial charge in [-0.05, 0) is 99.4 Å². The number of hydrogen-bond donors (Lipinski definition) is 1. The normalized spacial score (nSPS) is 17.1. The molecule has 292 valence electrons. The molecule has 0 radical (unpaired) electrons. The lowest BCUT2D eigenvalue weighted by atomic mass is 9.79. The Balaban J connectivity index is 1.20. The van der Waals surface area contributed by atoms with Gasteiger partial charge in [0.1, 0.15) is 35.3 Å². The fraction of sp³-hybridized carbons (Fsp3) is 0.415. The number of piperidine rings is 1. The number of aromatic nitrogens is 1. The summed E-state index contributed by atoms with van der Waals surface area (Å²) in [7, 11) is 1.61. The zero-order valence-corrected chi connectivity index (χ0v) is 32.7. The number of amides is 3. The number of aryl methyl sites for hydroxylation is 1. The number of nitrogens with one attached hydrogen (secondary N) is 1. The van der Waals surface area contributed by atoms with E-state index in [0.717, 1.165) is 41.7 Å². The molecular weight excluding hydrogens is 753 g/mol. The molecular formula is C41H44Cl2F2N4O6. The summed E-state index contributed by atoms with van der Waals surface area (Å²) in [5.41, 5.74) is 1.82. The van der Waals surface area contributed by atoms with Crippen LogP contribution in [-0.2, 0) is 33.9 Å². The Morgan fingerprint density at radius 3 is 2.42 bits per heavy atom. The molecule has 4 aromatic rings. The average Bonchev–Trinajstić information content (AvgIpc) is 3.90. The number of halogens is 4. The van der Waals surface area contributed by atoms with Gasteiger partial charge in [0.2, 0.25) is 11.8 Å². The topological polar surface area (TPSA) is 114 Å². The van der Waals surface area contributed by atoms with Crippen LogP contribution in [0, 0.1) is 17.6 Å². The lowest BCUT2D eigenvalue weighted by Gasteiger charge is -2.40. The molecule has 0 unspecified atom stereocenters. The first-order valence-electron chi connectivity index (χ1n) is 18.3. The number of benzene rings is 3. The van der Waals surface area contributed by atoms with E-state index < -0.39 is 34.3 Å². The van der Waals surface area contributed by atoms with Crippen molar-refractivity contribution in [3.8, 4) is 17.0 Å². The van der Waals surface area contributed by atoms with Crippen LogP contribution in [0.4, 0.5) is 13.6 Å². The maximum absolute atomic E-state index is 14.7. The van der Waals surface area contributed by atoms with Crippen LogP contribution in [0.1, 0.15) is 74.8 Å². The van der Waals surface area contributed by atoms with E-state index in [0.29, 0.717) is 43.1 Å². The molecule has 6 rings (SSSR count). The molecule has 1 N–H and O–H groups in total. The van der Waals surface area contributed by atoms with E-state index in [1.807, 2.05) is 56.0 Å². The van der Waals surface area contributed by atoms with Crippen LogP contribution in [0.2, 0.25) is 10.0 Å². The first-order chi connectivity index (χ1) is 26.2. The molecule has 0 spiro atoms. The lowest BCUT2D eigenvalue weighted by molar-refractivity contribution is -0.139. The lowest BCUT2D eigenvalue weighted by Crippen LogP contribution is -2.51. The summed E-state index contributed by atoms with van der Waals surface area (Å²) in [5, 5.41) is 6.64. The van der Waals surface area contributed by atoms with E-state index in [1.54, 1.807) is 24.1 Å². The Bertz CT molecular complexity index is 2030. The molecule has 55 heavy (non-hydrogen) atoms. The number of likely N-dealkylation sites (tertiary alicyclic amines) is 1. The minimum absolute atomic E-state index is 0.0395. The monoisotopic (exact) mass is 796 g/mol. The summed E-state index contributed by atoms with van der Waals surface area (Å²) < 4.78 is 45.3. The third-order valence-corrected chi connectivity index (χ3v) is 10.5. The maximum atomic E-state index is 14.7. The molecule has 14 heteroatoms. The van der Waals surface area contributed by atoms with Crippen LogP contribution in [0.25, 0.3) is 11.3 Å². The van der Waals surface area contributed by atoms with Gasteiger partial charge in [-0.1, -0.05) is 52.6 Å². The largest absolute Gasteiger partial charge is 0.486 e. The number of carbonyl (C=O) groups excluding carboxylic acids is 3. The zero-order chi connectivity index (χ0) is 39.4. The second kappa shape index (κ2) is 17.0. The van der Waals surface area contributed by atoms with E-state index in [-0.39, 0.29) is 53.9 Å². The molecule has 1 saturated carbocycles. The van der Waals surface area contributed by atoms with Crippen LogP contribution in [-0.4, -0.2) is 64.6 Å². The van der Waals surface area contributed by atoms with Crippen molar-refractivity contribution < 1.29 is 37.2 Å². The molecule has 3 aromatic carbocycles. The van der Waals surface area contributed by atoms with Gasteiger partial charge in [0, 0.05) is 50.2 Å². The zero-order valence-electron chi connectivity index (χ0n) is 31.2. The fourth-order valence-corrected chi connectivity index (χ4v) is 7.20. The van der Waals surface area contributed by atoms with Crippen LogP contribution >= 0.6 is 23.2 Å². The van der Waals surface area contributed by atoms with E-state index in [9.17, 15) is 23.2 Å². The summed E-state index contributed by atoms with van der Waals surface area (Å²) in [4.78, 5) is 43.4. The molecule has 2 atom stereocenters. The molecule has 10 nitrogen and oxygen atoms in total. The third kappa shape index (κ3) is 9.96. The van der Waals surface area contributed by atoms with Crippen molar-refractivity contribution in [1.82, 2.24) is 20.3 Å². The van der Waals surface area contributed by atoms with Crippen molar-refractivity contribution in [2.24, 2.45) is 5.92 Å². The summed E-state index contributed by atoms with van der Waals surface area (Å²) in [5.74, 6) is -1.62. The minimum atomic E-state index is -0.774.